The van der Waals surface area contributed by atoms with E-state index in [0.717, 1.165) is 40.4 Å². The van der Waals surface area contributed by atoms with Crippen LogP contribution < -0.4 is 4.90 Å². The number of rotatable bonds is 6. The fourth-order valence-corrected chi connectivity index (χ4v) is 13.9. The SMILES string of the molecule is CC1(C)c2ccccc2N(c2ccc(C3(c4nc(-c5ccccc5)nc(-c5ccccc5)n4)C4CC5CC(C4)CC3C5)cc2)c2ccc(-c3ccc4sc5ccccc5c4c3)cc21. The van der Waals surface area contributed by atoms with E-state index in [0.29, 0.717) is 11.8 Å². The Morgan fingerprint density at radius 2 is 1.05 bits per heavy atom. The molecular weight excluding hydrogens is 785 g/mol. The summed E-state index contributed by atoms with van der Waals surface area (Å²) in [5, 5.41) is 2.67. The second kappa shape index (κ2) is 14.0. The number of hydrogen-bond donors (Lipinski definition) is 0. The first-order chi connectivity index (χ1) is 30.9. The Labute approximate surface area is 373 Å². The van der Waals surface area contributed by atoms with Gasteiger partial charge in [0.15, 0.2) is 11.6 Å². The van der Waals surface area contributed by atoms with E-state index in [9.17, 15) is 0 Å². The molecule has 0 atom stereocenters. The molecule has 14 rings (SSSR count). The molecule has 4 saturated carbocycles. The molecule has 5 heteroatoms. The first kappa shape index (κ1) is 37.2. The van der Waals surface area contributed by atoms with Gasteiger partial charge in [0.25, 0.3) is 0 Å². The van der Waals surface area contributed by atoms with Gasteiger partial charge >= 0.3 is 0 Å². The molecular formula is C58H48N4S. The van der Waals surface area contributed by atoms with Crippen LogP contribution >= 0.6 is 11.3 Å². The molecule has 4 aliphatic carbocycles. The molecule has 4 fully saturated rings. The lowest BCUT2D eigenvalue weighted by molar-refractivity contribution is -0.0454. The Kier molecular flexibility index (Phi) is 8.28. The van der Waals surface area contributed by atoms with Crippen molar-refractivity contribution in [3.05, 3.63) is 192 Å². The monoisotopic (exact) mass is 832 g/mol. The molecule has 63 heavy (non-hydrogen) atoms. The molecule has 9 aromatic rings. The Morgan fingerprint density at radius 3 is 1.75 bits per heavy atom. The van der Waals surface area contributed by atoms with Crippen LogP contribution in [0.3, 0.4) is 0 Å². The zero-order chi connectivity index (χ0) is 41.9. The molecule has 0 spiro atoms. The van der Waals surface area contributed by atoms with Crippen LogP contribution in [0.5, 0.6) is 0 Å². The Balaban J connectivity index is 0.955. The molecule has 3 heterocycles. The van der Waals surface area contributed by atoms with Gasteiger partial charge in [-0.3, -0.25) is 0 Å². The van der Waals surface area contributed by atoms with Crippen LogP contribution in [0.2, 0.25) is 0 Å². The summed E-state index contributed by atoms with van der Waals surface area (Å²) in [5.41, 5.74) is 11.7. The molecule has 306 valence electrons. The van der Waals surface area contributed by atoms with Crippen molar-refractivity contribution in [2.45, 2.75) is 56.8 Å². The molecule has 0 amide bonds. The van der Waals surface area contributed by atoms with Crippen molar-refractivity contribution in [2.75, 3.05) is 4.90 Å². The third-order valence-electron chi connectivity index (χ3n) is 15.5. The maximum Gasteiger partial charge on any atom is 0.163 e. The van der Waals surface area contributed by atoms with Crippen molar-refractivity contribution in [2.24, 2.45) is 23.7 Å². The van der Waals surface area contributed by atoms with Gasteiger partial charge in [0.2, 0.25) is 0 Å². The van der Waals surface area contributed by atoms with Gasteiger partial charge in [-0.1, -0.05) is 135 Å². The molecule has 0 radical (unpaired) electrons. The number of fused-ring (bicyclic) bond motifs is 5. The number of para-hydroxylation sites is 1. The van der Waals surface area contributed by atoms with Gasteiger partial charge in [-0.2, -0.15) is 0 Å². The van der Waals surface area contributed by atoms with Crippen LogP contribution in [-0.4, -0.2) is 15.0 Å². The summed E-state index contributed by atoms with van der Waals surface area (Å²) in [6.07, 6.45) is 6.33. The zero-order valence-electron chi connectivity index (χ0n) is 35.7. The number of benzene rings is 7. The average molecular weight is 833 g/mol. The molecule has 0 saturated heterocycles. The van der Waals surface area contributed by atoms with E-state index in [1.54, 1.807) is 0 Å². The number of anilines is 3. The predicted molar refractivity (Wildman–Crippen MR) is 260 cm³/mol. The first-order valence-corrected chi connectivity index (χ1v) is 23.7. The predicted octanol–water partition coefficient (Wildman–Crippen LogP) is 15.1. The number of thiophene rings is 1. The maximum absolute atomic E-state index is 5.54. The van der Waals surface area contributed by atoms with E-state index < -0.39 is 0 Å². The highest BCUT2D eigenvalue weighted by atomic mass is 32.1. The normalized spacial score (nSPS) is 22.9. The van der Waals surface area contributed by atoms with Crippen molar-refractivity contribution in [3.8, 4) is 33.9 Å². The summed E-state index contributed by atoms with van der Waals surface area (Å²) in [4.78, 5) is 18.7. The van der Waals surface area contributed by atoms with E-state index in [-0.39, 0.29) is 10.8 Å². The molecule has 4 nitrogen and oxygen atoms in total. The van der Waals surface area contributed by atoms with E-state index in [1.807, 2.05) is 11.3 Å². The minimum Gasteiger partial charge on any atom is -0.310 e. The van der Waals surface area contributed by atoms with Crippen molar-refractivity contribution < 1.29 is 0 Å². The van der Waals surface area contributed by atoms with Crippen molar-refractivity contribution >= 4 is 48.6 Å². The molecule has 0 N–H and O–H groups in total. The Hall–Kier alpha value is -6.43. The van der Waals surface area contributed by atoms with Crippen LogP contribution in [-0.2, 0) is 10.8 Å². The van der Waals surface area contributed by atoms with E-state index in [2.05, 4.69) is 189 Å². The smallest absolute Gasteiger partial charge is 0.163 e. The molecule has 5 aliphatic rings. The lowest BCUT2D eigenvalue weighted by Gasteiger charge is -2.60. The number of nitrogens with zero attached hydrogens (tertiary/aromatic N) is 4. The molecule has 7 aromatic carbocycles. The highest BCUT2D eigenvalue weighted by Gasteiger charge is 2.60. The highest BCUT2D eigenvalue weighted by Crippen LogP contribution is 2.65. The summed E-state index contributed by atoms with van der Waals surface area (Å²) in [7, 11) is 0. The van der Waals surface area contributed by atoms with Crippen LogP contribution in [0.15, 0.2) is 170 Å². The van der Waals surface area contributed by atoms with Crippen LogP contribution in [0.25, 0.3) is 54.1 Å². The summed E-state index contributed by atoms with van der Waals surface area (Å²) < 4.78 is 2.67. The largest absolute Gasteiger partial charge is 0.310 e. The maximum atomic E-state index is 5.54. The molecule has 2 aromatic heterocycles. The average Bonchev–Trinajstić information content (AvgIpc) is 3.70. The standard InChI is InChI=1S/C58H48N4S/c1-57(2)48-18-10-11-19-50(48)62(51-27-21-41(35-49(51)57)40-22-28-53-47(34-40)46-17-9-12-20-52(46)63-53)45-25-23-42(24-26-45)58(43-30-36-29-37(32-43)33-44(58)31-36)56-60-54(38-13-5-3-6-14-38)59-55(61-56)39-15-7-4-8-16-39/h3-28,34-37,43-44H,29-33H2,1-2H3. The number of hydrogen-bond acceptors (Lipinski definition) is 5. The van der Waals surface area contributed by atoms with E-state index in [1.165, 1.54) is 97.2 Å². The van der Waals surface area contributed by atoms with Crippen LogP contribution in [0.1, 0.15) is 68.5 Å². The third-order valence-corrected chi connectivity index (χ3v) is 16.7. The van der Waals surface area contributed by atoms with Gasteiger partial charge in [0, 0.05) is 42.4 Å². The Morgan fingerprint density at radius 1 is 0.476 bits per heavy atom. The number of aromatic nitrogens is 3. The minimum atomic E-state index is -0.300. The van der Waals surface area contributed by atoms with Gasteiger partial charge < -0.3 is 4.90 Å². The fraction of sp³-hybridized carbons (Fsp3) is 0.224. The highest BCUT2D eigenvalue weighted by molar-refractivity contribution is 7.25. The van der Waals surface area contributed by atoms with Crippen LogP contribution in [0.4, 0.5) is 17.1 Å². The summed E-state index contributed by atoms with van der Waals surface area (Å²) >= 11 is 1.88. The summed E-state index contributed by atoms with van der Waals surface area (Å²) in [6.45, 7) is 4.78. The second-order valence-corrected chi connectivity index (χ2v) is 20.4. The van der Waals surface area contributed by atoms with Gasteiger partial charge in [-0.05, 0) is 132 Å². The first-order valence-electron chi connectivity index (χ1n) is 22.9. The van der Waals surface area contributed by atoms with Gasteiger partial charge in [0.1, 0.15) is 5.82 Å². The van der Waals surface area contributed by atoms with E-state index in [4.69, 9.17) is 15.0 Å². The lowest BCUT2D eigenvalue weighted by Crippen LogP contribution is -2.57. The van der Waals surface area contributed by atoms with Gasteiger partial charge in [-0.25, -0.2) is 15.0 Å². The molecule has 0 unspecified atom stereocenters. The molecule has 4 bridgehead atoms. The zero-order valence-corrected chi connectivity index (χ0v) is 36.5. The van der Waals surface area contributed by atoms with E-state index >= 15 is 0 Å². The van der Waals surface area contributed by atoms with Crippen molar-refractivity contribution in [1.29, 1.82) is 0 Å². The minimum absolute atomic E-state index is 0.201. The topological polar surface area (TPSA) is 41.9 Å². The van der Waals surface area contributed by atoms with Crippen LogP contribution in [0, 0.1) is 23.7 Å². The molecule has 1 aliphatic heterocycles. The quantitative estimate of drug-likeness (QED) is 0.167. The van der Waals surface area contributed by atoms with Crippen molar-refractivity contribution in [3.63, 3.8) is 0 Å². The second-order valence-electron chi connectivity index (χ2n) is 19.3. The van der Waals surface area contributed by atoms with Crippen molar-refractivity contribution in [1.82, 2.24) is 15.0 Å². The lowest BCUT2D eigenvalue weighted by atomic mass is 9.43. The summed E-state index contributed by atoms with van der Waals surface area (Å²) in [5.74, 6) is 5.03. The van der Waals surface area contributed by atoms with Gasteiger partial charge in [0.05, 0.1) is 16.8 Å². The fourth-order valence-electron chi connectivity index (χ4n) is 12.8. The van der Waals surface area contributed by atoms with Gasteiger partial charge in [-0.15, -0.1) is 11.3 Å². The Bertz CT molecular complexity index is 3140. The third kappa shape index (κ3) is 5.68. The summed E-state index contributed by atoms with van der Waals surface area (Å²) in [6, 6.07) is 62.7.